The predicted octanol–water partition coefficient (Wildman–Crippen LogP) is 2.03. The van der Waals surface area contributed by atoms with Gasteiger partial charge < -0.3 is 5.32 Å². The van der Waals surface area contributed by atoms with Crippen LogP contribution in [0.4, 0.5) is 19.1 Å². The average molecular weight is 257 g/mol. The molecule has 0 saturated carbocycles. The summed E-state index contributed by atoms with van der Waals surface area (Å²) in [5.41, 5.74) is -0.183. The predicted molar refractivity (Wildman–Crippen MR) is 58.4 cm³/mol. The second-order valence-electron chi connectivity index (χ2n) is 3.62. The topological polar surface area (TPSA) is 55.6 Å². The van der Waals surface area contributed by atoms with Crippen LogP contribution in [0.5, 0.6) is 0 Å². The standard InChI is InChI=1S/C10H10F3N5/c1-6-3-15-9(14-2)17-8(6)18-5-7(4-16-18)10(11,12)13/h3-5H,1-2H3,(H,14,15,17). The van der Waals surface area contributed by atoms with Gasteiger partial charge in [0, 0.05) is 25.0 Å². The summed E-state index contributed by atoms with van der Waals surface area (Å²) in [6, 6.07) is 0. The Labute approximate surface area is 101 Å². The molecule has 96 valence electrons. The summed E-state index contributed by atoms with van der Waals surface area (Å²) >= 11 is 0. The maximum absolute atomic E-state index is 12.5. The minimum Gasteiger partial charge on any atom is -0.357 e. The molecule has 2 rings (SSSR count). The molecule has 0 aromatic carbocycles. The highest BCUT2D eigenvalue weighted by Gasteiger charge is 2.32. The Morgan fingerprint density at radius 1 is 1.28 bits per heavy atom. The van der Waals surface area contributed by atoms with Gasteiger partial charge in [0.15, 0.2) is 5.82 Å². The molecule has 0 unspecified atom stereocenters. The Kier molecular flexibility index (Phi) is 2.93. The van der Waals surface area contributed by atoms with Crippen LogP contribution in [0.15, 0.2) is 18.6 Å². The summed E-state index contributed by atoms with van der Waals surface area (Å²) in [5.74, 6) is 0.629. The summed E-state index contributed by atoms with van der Waals surface area (Å²) in [7, 11) is 1.62. The fourth-order valence-corrected chi connectivity index (χ4v) is 1.37. The Hall–Kier alpha value is -2.12. The van der Waals surface area contributed by atoms with Crippen LogP contribution in [0.25, 0.3) is 5.82 Å². The van der Waals surface area contributed by atoms with Gasteiger partial charge in [-0.1, -0.05) is 0 Å². The van der Waals surface area contributed by atoms with Crippen LogP contribution in [0.1, 0.15) is 11.1 Å². The Morgan fingerprint density at radius 2 is 2.00 bits per heavy atom. The number of nitrogens with one attached hydrogen (secondary N) is 1. The van der Waals surface area contributed by atoms with Crippen molar-refractivity contribution in [3.8, 4) is 5.82 Å². The molecule has 0 radical (unpaired) electrons. The van der Waals surface area contributed by atoms with Crippen molar-refractivity contribution >= 4 is 5.95 Å². The van der Waals surface area contributed by atoms with E-state index in [2.05, 4.69) is 20.4 Å². The molecule has 0 aliphatic rings. The van der Waals surface area contributed by atoms with Crippen LogP contribution in [-0.2, 0) is 6.18 Å². The number of anilines is 1. The summed E-state index contributed by atoms with van der Waals surface area (Å²) in [6.45, 7) is 1.70. The smallest absolute Gasteiger partial charge is 0.357 e. The van der Waals surface area contributed by atoms with Gasteiger partial charge in [0.05, 0.1) is 11.8 Å². The quantitative estimate of drug-likeness (QED) is 0.894. The first-order valence-corrected chi connectivity index (χ1v) is 5.05. The maximum atomic E-state index is 12.5. The lowest BCUT2D eigenvalue weighted by Crippen LogP contribution is -2.06. The second-order valence-corrected chi connectivity index (χ2v) is 3.62. The fourth-order valence-electron chi connectivity index (χ4n) is 1.37. The normalized spacial score (nSPS) is 11.6. The number of aryl methyl sites for hydroxylation is 1. The second kappa shape index (κ2) is 4.28. The van der Waals surface area contributed by atoms with Crippen molar-refractivity contribution in [2.24, 2.45) is 0 Å². The molecule has 2 aromatic rings. The van der Waals surface area contributed by atoms with E-state index >= 15 is 0 Å². The minimum atomic E-state index is -4.41. The zero-order valence-electron chi connectivity index (χ0n) is 9.65. The van der Waals surface area contributed by atoms with Crippen molar-refractivity contribution in [2.75, 3.05) is 12.4 Å². The molecule has 2 heterocycles. The highest BCUT2D eigenvalue weighted by atomic mass is 19.4. The molecule has 0 saturated heterocycles. The number of halogens is 3. The zero-order valence-corrected chi connectivity index (χ0v) is 9.65. The first kappa shape index (κ1) is 12.3. The third-order valence-electron chi connectivity index (χ3n) is 2.30. The first-order valence-electron chi connectivity index (χ1n) is 5.05. The average Bonchev–Trinajstić information content (AvgIpc) is 2.78. The molecular formula is C10H10F3N5. The van der Waals surface area contributed by atoms with Crippen LogP contribution < -0.4 is 5.32 Å². The van der Waals surface area contributed by atoms with Crippen molar-refractivity contribution in [2.45, 2.75) is 13.1 Å². The van der Waals surface area contributed by atoms with Gasteiger partial charge in [-0.3, -0.25) is 0 Å². The van der Waals surface area contributed by atoms with E-state index in [0.717, 1.165) is 17.1 Å². The van der Waals surface area contributed by atoms with Crippen molar-refractivity contribution in [1.29, 1.82) is 0 Å². The number of rotatable bonds is 2. The molecule has 8 heteroatoms. The molecule has 18 heavy (non-hydrogen) atoms. The van der Waals surface area contributed by atoms with Gasteiger partial charge in [-0.15, -0.1) is 0 Å². The van der Waals surface area contributed by atoms with E-state index in [-0.39, 0.29) is 0 Å². The van der Waals surface area contributed by atoms with Crippen LogP contribution in [0, 0.1) is 6.92 Å². The third kappa shape index (κ3) is 2.27. The molecule has 0 aliphatic heterocycles. The third-order valence-corrected chi connectivity index (χ3v) is 2.30. The van der Waals surface area contributed by atoms with E-state index < -0.39 is 11.7 Å². The van der Waals surface area contributed by atoms with Gasteiger partial charge >= 0.3 is 6.18 Å². The monoisotopic (exact) mass is 257 g/mol. The van der Waals surface area contributed by atoms with Gasteiger partial charge in [0.25, 0.3) is 0 Å². The molecule has 2 aromatic heterocycles. The molecule has 0 atom stereocenters. The first-order chi connectivity index (χ1) is 8.41. The lowest BCUT2D eigenvalue weighted by molar-refractivity contribution is -0.137. The van der Waals surface area contributed by atoms with Crippen molar-refractivity contribution in [3.63, 3.8) is 0 Å². The number of alkyl halides is 3. The van der Waals surface area contributed by atoms with E-state index in [4.69, 9.17) is 0 Å². The van der Waals surface area contributed by atoms with Crippen molar-refractivity contribution in [3.05, 3.63) is 29.7 Å². The van der Waals surface area contributed by atoms with Gasteiger partial charge in [-0.05, 0) is 6.92 Å². The Morgan fingerprint density at radius 3 is 2.56 bits per heavy atom. The molecule has 0 fully saturated rings. The van der Waals surface area contributed by atoms with E-state index in [1.54, 1.807) is 14.0 Å². The Balaban J connectivity index is 2.45. The van der Waals surface area contributed by atoms with Crippen LogP contribution in [0.3, 0.4) is 0 Å². The van der Waals surface area contributed by atoms with Gasteiger partial charge in [0.2, 0.25) is 5.95 Å². The Bertz CT molecular complexity index is 561. The molecule has 0 spiro atoms. The number of hydrogen-bond donors (Lipinski definition) is 1. The molecular weight excluding hydrogens is 247 g/mol. The van der Waals surface area contributed by atoms with Gasteiger partial charge in [-0.25, -0.2) is 9.67 Å². The zero-order chi connectivity index (χ0) is 13.3. The van der Waals surface area contributed by atoms with Crippen LogP contribution in [-0.4, -0.2) is 26.8 Å². The number of aromatic nitrogens is 4. The molecule has 1 N–H and O–H groups in total. The lowest BCUT2D eigenvalue weighted by atomic mass is 10.3. The summed E-state index contributed by atoms with van der Waals surface area (Å²) in [4.78, 5) is 8.02. The van der Waals surface area contributed by atoms with E-state index in [0.29, 0.717) is 17.3 Å². The van der Waals surface area contributed by atoms with Crippen molar-refractivity contribution < 1.29 is 13.2 Å². The lowest BCUT2D eigenvalue weighted by Gasteiger charge is -2.06. The number of nitrogens with zero attached hydrogens (tertiary/aromatic N) is 4. The van der Waals surface area contributed by atoms with E-state index in [1.807, 2.05) is 0 Å². The summed E-state index contributed by atoms with van der Waals surface area (Å²) in [6.07, 6.45) is -1.23. The molecule has 0 amide bonds. The highest BCUT2D eigenvalue weighted by Crippen LogP contribution is 2.29. The van der Waals surface area contributed by atoms with E-state index in [1.165, 1.54) is 6.20 Å². The van der Waals surface area contributed by atoms with Gasteiger partial charge in [-0.2, -0.15) is 23.3 Å². The summed E-state index contributed by atoms with van der Waals surface area (Å²) in [5, 5.41) is 6.38. The minimum absolute atomic E-state index is 0.310. The van der Waals surface area contributed by atoms with Crippen LogP contribution in [0.2, 0.25) is 0 Å². The van der Waals surface area contributed by atoms with Gasteiger partial charge in [0.1, 0.15) is 0 Å². The summed E-state index contributed by atoms with van der Waals surface area (Å²) < 4.78 is 38.5. The van der Waals surface area contributed by atoms with Crippen molar-refractivity contribution in [1.82, 2.24) is 19.7 Å². The molecule has 0 aliphatic carbocycles. The largest absolute Gasteiger partial charge is 0.419 e. The number of hydrogen-bond acceptors (Lipinski definition) is 4. The van der Waals surface area contributed by atoms with Crippen LogP contribution >= 0.6 is 0 Å². The van der Waals surface area contributed by atoms with E-state index in [9.17, 15) is 13.2 Å². The fraction of sp³-hybridized carbons (Fsp3) is 0.300. The molecule has 0 bridgehead atoms. The molecule has 5 nitrogen and oxygen atoms in total. The maximum Gasteiger partial charge on any atom is 0.419 e. The SMILES string of the molecule is CNc1ncc(C)c(-n2cc(C(F)(F)F)cn2)n1. The highest BCUT2D eigenvalue weighted by molar-refractivity contribution is 5.37.